The van der Waals surface area contributed by atoms with Crippen LogP contribution in [0.15, 0.2) is 18.2 Å². The number of halogens is 6. The Balaban J connectivity index is 1.60. The number of hydrogen-bond acceptors (Lipinski definition) is 7. The van der Waals surface area contributed by atoms with E-state index in [2.05, 4.69) is 21.3 Å². The van der Waals surface area contributed by atoms with E-state index in [1.165, 1.54) is 25.9 Å². The van der Waals surface area contributed by atoms with Crippen LogP contribution >= 0.6 is 23.2 Å². The van der Waals surface area contributed by atoms with Crippen molar-refractivity contribution in [1.29, 1.82) is 0 Å². The number of alkyl halides is 4. The summed E-state index contributed by atoms with van der Waals surface area (Å²) in [7, 11) is 2.71. The van der Waals surface area contributed by atoms with Crippen molar-refractivity contribution in [2.45, 2.75) is 141 Å². The highest BCUT2D eigenvalue weighted by Gasteiger charge is 2.70. The summed E-state index contributed by atoms with van der Waals surface area (Å²) in [5.74, 6) is -5.80. The molecule has 7 atom stereocenters. The lowest BCUT2D eigenvalue weighted by Crippen LogP contribution is -2.60. The van der Waals surface area contributed by atoms with Gasteiger partial charge in [0.1, 0.15) is 47.8 Å². The minimum Gasteiger partial charge on any atom is -0.354 e. The summed E-state index contributed by atoms with van der Waals surface area (Å²) >= 11 is 12.8. The van der Waals surface area contributed by atoms with Crippen LogP contribution in [0.3, 0.4) is 0 Å². The molecule has 7 amide bonds. The van der Waals surface area contributed by atoms with Crippen LogP contribution < -0.4 is 21.3 Å². The van der Waals surface area contributed by atoms with Gasteiger partial charge >= 0.3 is 6.18 Å². The van der Waals surface area contributed by atoms with E-state index >= 15 is 0 Å². The number of hydrogen-bond donors (Lipinski definition) is 4. The van der Waals surface area contributed by atoms with E-state index in [0.29, 0.717) is 41.2 Å². The van der Waals surface area contributed by atoms with E-state index in [9.17, 15) is 51.1 Å². The van der Waals surface area contributed by atoms with E-state index in [1.54, 1.807) is 18.2 Å². The molecule has 340 valence electrons. The Labute approximate surface area is 363 Å². The van der Waals surface area contributed by atoms with Crippen LogP contribution in [-0.2, 0) is 40.0 Å². The maximum atomic E-state index is 14.6. The first-order chi connectivity index (χ1) is 28.5. The molecule has 1 aromatic rings. The molecule has 0 unspecified atom stereocenters. The molecule has 1 aliphatic carbocycles. The fourth-order valence-electron chi connectivity index (χ4n) is 7.90. The van der Waals surface area contributed by atoms with Gasteiger partial charge in [-0.05, 0) is 81.5 Å². The molecule has 4 N–H and O–H groups in total. The Morgan fingerprint density at radius 1 is 1.00 bits per heavy atom. The highest BCUT2D eigenvalue weighted by atomic mass is 35.5. The monoisotopic (exact) mass is 905 g/mol. The van der Waals surface area contributed by atoms with Crippen LogP contribution in [0.2, 0.25) is 10.0 Å². The van der Waals surface area contributed by atoms with Gasteiger partial charge in [0.05, 0.1) is 6.54 Å². The second-order valence-electron chi connectivity index (χ2n) is 16.8. The van der Waals surface area contributed by atoms with Crippen LogP contribution in [0.5, 0.6) is 0 Å². The molecule has 1 saturated carbocycles. The molecule has 1 aromatic carbocycles. The molecule has 0 spiro atoms. The van der Waals surface area contributed by atoms with Crippen LogP contribution in [0.25, 0.3) is 0 Å². The Kier molecular flexibility index (Phi) is 16.9. The molecule has 0 radical (unpaired) electrons. The third-order valence-electron chi connectivity index (χ3n) is 11.6. The third-order valence-corrected chi connectivity index (χ3v) is 12.2. The highest BCUT2D eigenvalue weighted by Crippen LogP contribution is 2.59. The molecule has 2 heterocycles. The zero-order valence-corrected chi connectivity index (χ0v) is 36.8. The van der Waals surface area contributed by atoms with Crippen LogP contribution in [0.4, 0.5) is 17.6 Å². The van der Waals surface area contributed by atoms with Crippen molar-refractivity contribution in [3.8, 4) is 0 Å². The summed E-state index contributed by atoms with van der Waals surface area (Å²) in [5.41, 5.74) is -2.22. The van der Waals surface area contributed by atoms with Gasteiger partial charge in [-0.15, -0.1) is 0 Å². The first-order valence-electron chi connectivity index (χ1n) is 20.7. The molecule has 0 aromatic heterocycles. The van der Waals surface area contributed by atoms with Gasteiger partial charge in [0.2, 0.25) is 41.4 Å². The molecule has 0 bridgehead atoms. The van der Waals surface area contributed by atoms with Gasteiger partial charge in [0.25, 0.3) is 0 Å². The van der Waals surface area contributed by atoms with E-state index in [4.69, 9.17) is 23.2 Å². The molecule has 61 heavy (non-hydrogen) atoms. The smallest absolute Gasteiger partial charge is 0.354 e. The summed E-state index contributed by atoms with van der Waals surface area (Å²) in [6.45, 7) is 6.26. The first-order valence-corrected chi connectivity index (χ1v) is 21.5. The quantitative estimate of drug-likeness (QED) is 0.242. The molecule has 20 heteroatoms. The van der Waals surface area contributed by atoms with Crippen molar-refractivity contribution in [2.24, 2.45) is 11.3 Å². The normalized spacial score (nSPS) is 26.0. The Bertz CT molecular complexity index is 1820. The number of benzene rings is 1. The third kappa shape index (κ3) is 12.0. The van der Waals surface area contributed by atoms with Crippen LogP contribution in [0, 0.1) is 11.3 Å². The average molecular weight is 907 g/mol. The number of carbonyl (C=O) groups is 7. The lowest BCUT2D eigenvalue weighted by atomic mass is 9.98. The zero-order chi connectivity index (χ0) is 45.6. The molecule has 3 fully saturated rings. The Hall–Kier alpha value is -4.19. The van der Waals surface area contributed by atoms with Crippen molar-refractivity contribution in [1.82, 2.24) is 36.0 Å². The van der Waals surface area contributed by atoms with Gasteiger partial charge in [0, 0.05) is 43.5 Å². The fourth-order valence-corrected chi connectivity index (χ4v) is 8.29. The topological polar surface area (TPSA) is 177 Å². The van der Waals surface area contributed by atoms with E-state index < -0.39 is 121 Å². The predicted octanol–water partition coefficient (Wildman–Crippen LogP) is 4.09. The molecule has 3 aliphatic rings. The lowest BCUT2D eigenvalue weighted by molar-refractivity contribution is -0.199. The van der Waals surface area contributed by atoms with Crippen LogP contribution in [0.1, 0.15) is 91.0 Å². The highest BCUT2D eigenvalue weighted by molar-refractivity contribution is 6.33. The summed E-state index contributed by atoms with van der Waals surface area (Å²) in [6.07, 6.45) is -6.58. The van der Waals surface area contributed by atoms with Gasteiger partial charge in [-0.3, -0.25) is 33.6 Å². The molecule has 4 rings (SSSR count). The predicted molar refractivity (Wildman–Crippen MR) is 219 cm³/mol. The number of carbonyl (C=O) groups excluding carboxylic acids is 7. The van der Waals surface area contributed by atoms with E-state index in [1.807, 2.05) is 20.8 Å². The molecule has 2 aliphatic heterocycles. The van der Waals surface area contributed by atoms with Crippen molar-refractivity contribution in [3.05, 3.63) is 33.8 Å². The summed E-state index contributed by atoms with van der Waals surface area (Å²) in [6, 6.07) is -2.87. The molecular formula is C41H57Cl2F4N7O7. The Morgan fingerprint density at radius 3 is 2.26 bits per heavy atom. The SMILES string of the molecule is CCC[C@H]1NC(=O)[C@H](Cc2cc(Cl)ccc2Cl)N(C)C(=O)[C@H](CC(C)C)NC(=O)[C@@H](N(C)C(=O)[C@H](C)NC(=O)[C@@H]2C[C@@H](F)CN2C(=O)C2(C(F)(F)F)CC2)CCCCNC1=O. The van der Waals surface area contributed by atoms with Crippen molar-refractivity contribution in [2.75, 3.05) is 27.2 Å². The van der Waals surface area contributed by atoms with Gasteiger partial charge in [-0.25, -0.2) is 4.39 Å². The second-order valence-corrected chi connectivity index (χ2v) is 17.7. The summed E-state index contributed by atoms with van der Waals surface area (Å²) < 4.78 is 56.0. The van der Waals surface area contributed by atoms with Crippen molar-refractivity contribution < 1.29 is 51.1 Å². The minimum absolute atomic E-state index is 0.0437. The Morgan fingerprint density at radius 2 is 1.66 bits per heavy atom. The number of nitrogens with zero attached hydrogens (tertiary/aromatic N) is 3. The fraction of sp³-hybridized carbons (Fsp3) is 0.683. The van der Waals surface area contributed by atoms with Gasteiger partial charge in [0.15, 0.2) is 0 Å². The number of amides is 7. The second kappa shape index (κ2) is 20.8. The zero-order valence-electron chi connectivity index (χ0n) is 35.3. The number of rotatable bonds is 11. The standard InChI is InChI=1S/C41H57Cl2F4N7O7/c1-7-10-28-33(55)48-16-9-8-11-30(52(5)37(59)23(4)49-36(58)32-20-26(44)21-54(32)39(61)40(14-15-40)41(45,46)47)34(56)51-29(17-22(2)3)38(60)53(6)31(35(57)50-28)19-24-18-25(42)12-13-27(24)43/h12-13,18,22-23,26,28-32H,7-11,14-17,19-21H2,1-6H3,(H,48,55)(H,49,58)(H,50,57)(H,51,56)/t23-,26+,28+,29-,30-,31-,32-/m0/s1. The molecule has 14 nitrogen and oxygen atoms in total. The largest absolute Gasteiger partial charge is 0.403 e. The molecule has 2 saturated heterocycles. The van der Waals surface area contributed by atoms with E-state index in [-0.39, 0.29) is 36.7 Å². The van der Waals surface area contributed by atoms with Gasteiger partial charge < -0.3 is 36.0 Å². The maximum Gasteiger partial charge on any atom is 0.403 e. The van der Waals surface area contributed by atoms with Crippen molar-refractivity contribution in [3.63, 3.8) is 0 Å². The van der Waals surface area contributed by atoms with Crippen molar-refractivity contribution >= 4 is 64.6 Å². The van der Waals surface area contributed by atoms with Crippen LogP contribution in [-0.4, -0.2) is 132 Å². The lowest BCUT2D eigenvalue weighted by Gasteiger charge is -2.35. The first kappa shape index (κ1) is 49.5. The minimum atomic E-state index is -4.88. The average Bonchev–Trinajstić information content (AvgIpc) is 3.93. The van der Waals surface area contributed by atoms with E-state index in [0.717, 1.165) is 4.90 Å². The number of likely N-dealkylation sites (tertiary alicyclic amines) is 1. The maximum absolute atomic E-state index is 14.6. The summed E-state index contributed by atoms with van der Waals surface area (Å²) in [5, 5.41) is 11.4. The van der Waals surface area contributed by atoms with Gasteiger partial charge in [-0.1, -0.05) is 50.4 Å². The molecular weight excluding hydrogens is 849 g/mol. The summed E-state index contributed by atoms with van der Waals surface area (Å²) in [4.78, 5) is 99.4. The van der Waals surface area contributed by atoms with Gasteiger partial charge in [-0.2, -0.15) is 13.2 Å². The number of likely N-dealkylation sites (N-methyl/N-ethyl adjacent to an activating group) is 2. The number of nitrogens with one attached hydrogen (secondary N) is 4.